The number of piperidine rings is 1. The second-order valence-electron chi connectivity index (χ2n) is 20.1. The number of hydrogen-bond acceptors (Lipinski definition) is 11. The molecule has 0 bridgehead atoms. The number of likely N-dealkylation sites (tertiary alicyclic amines) is 1. The van der Waals surface area contributed by atoms with Gasteiger partial charge in [0.2, 0.25) is 0 Å². The molecule has 13 nitrogen and oxygen atoms in total. The summed E-state index contributed by atoms with van der Waals surface area (Å²) in [6.45, 7) is 11.7. The SMILES string of the molecule is Cc1c(S(C)(=O)=O)c(-c2cc(F)cc(N3CCN(c4ccc(N5CCO[P@]5(=O)c5ccc(C[C@H](CCN6CCC(CO)CC6)CSc6ccccc6)c([N+](=O)[O-])c5)cc4)CC3)c2)c(-c2ccc(Cl)cc2)n1C(C)C. The van der Waals surface area contributed by atoms with Gasteiger partial charge in [-0.2, -0.15) is 0 Å². The quantitative estimate of drug-likeness (QED) is 0.0379. The summed E-state index contributed by atoms with van der Waals surface area (Å²) in [6, 6.07) is 34.9. The third-order valence-electron chi connectivity index (χ3n) is 14.8. The van der Waals surface area contributed by atoms with Crippen molar-refractivity contribution in [3.05, 3.63) is 147 Å². The zero-order valence-corrected chi connectivity index (χ0v) is 45.7. The number of hydrogen-bond donors (Lipinski definition) is 1. The molecular weight excluding hydrogens is 1020 g/mol. The fourth-order valence-corrected chi connectivity index (χ4v) is 15.6. The Morgan fingerprint density at radius 3 is 2.15 bits per heavy atom. The smallest absolute Gasteiger partial charge is 0.326 e. The van der Waals surface area contributed by atoms with Gasteiger partial charge >= 0.3 is 7.52 Å². The normalized spacial score (nSPS) is 18.4. The van der Waals surface area contributed by atoms with Gasteiger partial charge in [0.25, 0.3) is 5.69 Å². The maximum atomic E-state index is 15.8. The summed E-state index contributed by atoms with van der Waals surface area (Å²) in [6.07, 6.45) is 4.51. The number of piperazine rings is 1. The number of nitrogens with zero attached hydrogens (tertiary/aromatic N) is 6. The molecule has 74 heavy (non-hydrogen) atoms. The molecule has 0 spiro atoms. The molecule has 0 amide bonds. The maximum Gasteiger partial charge on any atom is 0.326 e. The van der Waals surface area contributed by atoms with Crippen LogP contribution in [-0.4, -0.2) is 105 Å². The Bertz CT molecular complexity index is 3110. The monoisotopic (exact) mass is 1080 g/mol. The molecule has 3 aliphatic rings. The molecule has 0 aliphatic carbocycles. The van der Waals surface area contributed by atoms with Gasteiger partial charge in [-0.05, 0) is 162 Å². The Labute approximate surface area is 443 Å². The van der Waals surface area contributed by atoms with E-state index in [1.54, 1.807) is 47.6 Å². The predicted octanol–water partition coefficient (Wildman–Crippen LogP) is 11.5. The van der Waals surface area contributed by atoms with Crippen molar-refractivity contribution in [3.63, 3.8) is 0 Å². The van der Waals surface area contributed by atoms with Gasteiger partial charge in [0.05, 0.1) is 34.0 Å². The first kappa shape index (κ1) is 53.6. The highest BCUT2D eigenvalue weighted by Gasteiger charge is 2.41. The Morgan fingerprint density at radius 2 is 1.51 bits per heavy atom. The van der Waals surface area contributed by atoms with Crippen LogP contribution in [0.1, 0.15) is 50.4 Å². The number of nitro groups is 1. The van der Waals surface area contributed by atoms with Gasteiger partial charge in [-0.1, -0.05) is 48.0 Å². The highest BCUT2D eigenvalue weighted by Crippen LogP contribution is 2.56. The molecule has 1 N–H and O–H groups in total. The van der Waals surface area contributed by atoms with E-state index in [4.69, 9.17) is 16.1 Å². The van der Waals surface area contributed by atoms with E-state index in [0.717, 1.165) is 60.8 Å². The van der Waals surface area contributed by atoms with E-state index in [9.17, 15) is 28.2 Å². The number of halogens is 2. The Balaban J connectivity index is 0.898. The first-order valence-corrected chi connectivity index (χ1v) is 30.3. The largest absolute Gasteiger partial charge is 0.396 e. The van der Waals surface area contributed by atoms with Crippen molar-refractivity contribution in [2.24, 2.45) is 11.8 Å². The van der Waals surface area contributed by atoms with Gasteiger partial charge in [0, 0.05) is 101 Å². The molecule has 3 aliphatic heterocycles. The average molecular weight is 1080 g/mol. The summed E-state index contributed by atoms with van der Waals surface area (Å²) < 4.78 is 67.6. The van der Waals surface area contributed by atoms with E-state index in [1.165, 1.54) is 24.5 Å². The van der Waals surface area contributed by atoms with E-state index in [-0.39, 0.29) is 46.0 Å². The Kier molecular flexibility index (Phi) is 16.6. The topological polar surface area (TPSA) is 142 Å². The van der Waals surface area contributed by atoms with Crippen molar-refractivity contribution in [3.8, 4) is 22.4 Å². The molecule has 1 aromatic heterocycles. The minimum Gasteiger partial charge on any atom is -0.396 e. The predicted molar refractivity (Wildman–Crippen MR) is 298 cm³/mol. The minimum atomic E-state index is -3.75. The Morgan fingerprint density at radius 1 is 0.851 bits per heavy atom. The van der Waals surface area contributed by atoms with Gasteiger partial charge in [0.15, 0.2) is 9.84 Å². The zero-order chi connectivity index (χ0) is 52.3. The van der Waals surface area contributed by atoms with Crippen LogP contribution in [0.4, 0.5) is 27.1 Å². The number of aromatic nitrogens is 1. The van der Waals surface area contributed by atoms with Crippen molar-refractivity contribution in [1.29, 1.82) is 0 Å². The number of thioether (sulfide) groups is 1. The standard InChI is InChI=1S/C56H65ClFN6O7PS2/c1-39(2)63-40(3)56(74(4,69)70)54(55(63)43-10-13-46(57)14-11-43)45-33-47(58)35-50(34-45)61-28-26-60(27-29-61)48-15-17-49(18-16-48)62-30-31-71-72(62,68)51-19-12-44(53(36-51)64(66)67)32-42(38-73-52-8-6-5-7-9-52)22-25-59-23-20-41(37-65)21-24-59/h5-19,33-36,39,41-42,65H,20-32,37-38H2,1-4H3/t42-,72+/m0/s1. The lowest BCUT2D eigenvalue weighted by Gasteiger charge is -2.37. The van der Waals surface area contributed by atoms with Crippen LogP contribution in [0.3, 0.4) is 0 Å². The van der Waals surface area contributed by atoms with E-state index < -0.39 is 23.2 Å². The third-order valence-corrected chi connectivity index (χ3v) is 20.0. The molecule has 3 fully saturated rings. The van der Waals surface area contributed by atoms with Crippen LogP contribution in [0.5, 0.6) is 0 Å². The second-order valence-corrected chi connectivity index (χ2v) is 25.8. The first-order chi connectivity index (χ1) is 35.5. The molecule has 3 saturated heterocycles. The van der Waals surface area contributed by atoms with E-state index >= 15 is 4.39 Å². The van der Waals surface area contributed by atoms with Gasteiger partial charge in [0.1, 0.15) is 5.82 Å². The van der Waals surface area contributed by atoms with Crippen LogP contribution < -0.4 is 19.8 Å². The summed E-state index contributed by atoms with van der Waals surface area (Å²) in [4.78, 5) is 20.5. The van der Waals surface area contributed by atoms with Crippen molar-refractivity contribution < 1.29 is 31.9 Å². The van der Waals surface area contributed by atoms with E-state index in [0.29, 0.717) is 89.5 Å². The molecular formula is C56H65ClFN6O7PS2. The molecule has 0 saturated carbocycles. The summed E-state index contributed by atoms with van der Waals surface area (Å²) in [5.74, 6) is 0.821. The average Bonchev–Trinajstić information content (AvgIpc) is 3.96. The van der Waals surface area contributed by atoms with Crippen molar-refractivity contribution in [2.45, 2.75) is 62.3 Å². The fraction of sp³-hybridized carbons (Fsp3) is 0.393. The number of aliphatic hydroxyl groups excluding tert-OH is 1. The number of rotatable bonds is 18. The first-order valence-electron chi connectivity index (χ1n) is 25.4. The number of nitro benzene ring substituents is 1. The fourth-order valence-electron chi connectivity index (χ4n) is 11.0. The number of benzene rings is 5. The highest BCUT2D eigenvalue weighted by atomic mass is 35.5. The third kappa shape index (κ3) is 11.8. The van der Waals surface area contributed by atoms with Crippen molar-refractivity contribution in [1.82, 2.24) is 9.47 Å². The van der Waals surface area contributed by atoms with E-state index in [1.807, 2.05) is 79.1 Å². The highest BCUT2D eigenvalue weighted by molar-refractivity contribution is 7.99. The van der Waals surface area contributed by atoms with Crippen molar-refractivity contribution >= 4 is 68.8 Å². The van der Waals surface area contributed by atoms with Crippen molar-refractivity contribution in [2.75, 3.05) is 92.1 Å². The second kappa shape index (κ2) is 23.0. The summed E-state index contributed by atoms with van der Waals surface area (Å²) in [5.41, 5.74) is 5.80. The lowest BCUT2D eigenvalue weighted by atomic mass is 9.94. The molecule has 18 heteroatoms. The number of aliphatic hydroxyl groups is 1. The van der Waals surface area contributed by atoms with Crippen LogP contribution in [0.2, 0.25) is 5.02 Å². The Hall–Kier alpha value is -5.19. The lowest BCUT2D eigenvalue weighted by molar-refractivity contribution is -0.385. The maximum absolute atomic E-state index is 15.8. The van der Waals surface area contributed by atoms with Gasteiger partial charge in [-0.15, -0.1) is 11.8 Å². The summed E-state index contributed by atoms with van der Waals surface area (Å²) in [7, 11) is -7.47. The molecule has 6 aromatic rings. The van der Waals surface area contributed by atoms with E-state index in [2.05, 4.69) is 26.8 Å². The number of sulfone groups is 1. The van der Waals surface area contributed by atoms with Gasteiger partial charge in [-0.25, -0.2) is 12.8 Å². The molecule has 0 unspecified atom stereocenters. The molecule has 392 valence electrons. The molecule has 4 heterocycles. The van der Waals surface area contributed by atoms with Crippen LogP contribution in [0, 0.1) is 34.7 Å². The number of anilines is 3. The van der Waals surface area contributed by atoms with Crippen LogP contribution in [0.15, 0.2) is 125 Å². The van der Waals surface area contributed by atoms with Crippen LogP contribution in [-0.2, 0) is 25.3 Å². The summed E-state index contributed by atoms with van der Waals surface area (Å²) in [5, 5.41) is 23.3. The molecule has 0 radical (unpaired) electrons. The summed E-state index contributed by atoms with van der Waals surface area (Å²) >= 11 is 8.04. The van der Waals surface area contributed by atoms with Gasteiger partial charge in [-0.3, -0.25) is 19.3 Å². The zero-order valence-electron chi connectivity index (χ0n) is 42.4. The minimum absolute atomic E-state index is 0.0581. The lowest BCUT2D eigenvalue weighted by Crippen LogP contribution is -2.46. The molecule has 2 atom stereocenters. The van der Waals surface area contributed by atoms with Crippen LogP contribution in [0.25, 0.3) is 22.4 Å². The van der Waals surface area contributed by atoms with Gasteiger partial charge < -0.3 is 28.9 Å². The van der Waals surface area contributed by atoms with Crippen LogP contribution >= 0.6 is 30.9 Å². The molecule has 9 rings (SSSR count). The molecule has 5 aromatic carbocycles.